The van der Waals surface area contributed by atoms with Crippen LogP contribution in [0.3, 0.4) is 0 Å². The molecule has 0 saturated heterocycles. The Bertz CT molecular complexity index is 883. The Kier molecular flexibility index (Phi) is 6.16. The maximum Gasteiger partial charge on any atom is 0.172 e. The summed E-state index contributed by atoms with van der Waals surface area (Å²) >= 11 is 5.86. The SMILES string of the molecule is CCOc1cc([C@@H](N)c2n[nH]c(COc3ccc(Cl)cc3)n2)ccc1OC. The van der Waals surface area contributed by atoms with E-state index in [1.54, 1.807) is 31.4 Å². The lowest BCUT2D eigenvalue weighted by Crippen LogP contribution is -2.14. The van der Waals surface area contributed by atoms with Crippen LogP contribution >= 0.6 is 11.6 Å². The first-order valence-electron chi connectivity index (χ1n) is 8.46. The van der Waals surface area contributed by atoms with Gasteiger partial charge in [-0.05, 0) is 48.9 Å². The Morgan fingerprint density at radius 3 is 2.59 bits per heavy atom. The number of nitrogens with zero attached hydrogens (tertiary/aromatic N) is 2. The second-order valence-electron chi connectivity index (χ2n) is 5.70. The number of aromatic amines is 1. The van der Waals surface area contributed by atoms with Crippen molar-refractivity contribution in [3.05, 3.63) is 64.7 Å². The molecule has 0 saturated carbocycles. The molecular weight excluding hydrogens is 368 g/mol. The van der Waals surface area contributed by atoms with Gasteiger partial charge in [0.2, 0.25) is 0 Å². The zero-order valence-electron chi connectivity index (χ0n) is 15.1. The number of nitrogens with one attached hydrogen (secondary N) is 1. The van der Waals surface area contributed by atoms with Gasteiger partial charge in [0.05, 0.1) is 19.8 Å². The minimum atomic E-state index is -0.504. The highest BCUT2D eigenvalue weighted by Crippen LogP contribution is 2.31. The van der Waals surface area contributed by atoms with E-state index in [9.17, 15) is 0 Å². The third-order valence-electron chi connectivity index (χ3n) is 3.86. The molecule has 0 unspecified atom stereocenters. The lowest BCUT2D eigenvalue weighted by Gasteiger charge is -2.13. The summed E-state index contributed by atoms with van der Waals surface area (Å²) in [5, 5.41) is 7.71. The first kappa shape index (κ1) is 19.0. The van der Waals surface area contributed by atoms with Crippen molar-refractivity contribution in [3.8, 4) is 17.2 Å². The Balaban J connectivity index is 1.69. The largest absolute Gasteiger partial charge is 0.493 e. The Morgan fingerprint density at radius 1 is 1.11 bits per heavy atom. The number of aromatic nitrogens is 3. The van der Waals surface area contributed by atoms with Crippen molar-refractivity contribution in [1.82, 2.24) is 15.2 Å². The van der Waals surface area contributed by atoms with Crippen LogP contribution in [0.5, 0.6) is 17.2 Å². The van der Waals surface area contributed by atoms with Crippen LogP contribution < -0.4 is 19.9 Å². The fourth-order valence-electron chi connectivity index (χ4n) is 2.50. The van der Waals surface area contributed by atoms with Crippen LogP contribution in [0.2, 0.25) is 5.02 Å². The highest BCUT2D eigenvalue weighted by molar-refractivity contribution is 6.30. The molecule has 3 N–H and O–H groups in total. The number of rotatable bonds is 8. The Morgan fingerprint density at radius 2 is 1.89 bits per heavy atom. The molecule has 0 spiro atoms. The molecule has 0 radical (unpaired) electrons. The fraction of sp³-hybridized carbons (Fsp3) is 0.263. The monoisotopic (exact) mass is 388 g/mol. The predicted molar refractivity (Wildman–Crippen MR) is 102 cm³/mol. The summed E-state index contributed by atoms with van der Waals surface area (Å²) in [5.41, 5.74) is 7.14. The van der Waals surface area contributed by atoms with Gasteiger partial charge < -0.3 is 19.9 Å². The predicted octanol–water partition coefficient (Wildman–Crippen LogP) is 3.49. The molecule has 0 bridgehead atoms. The summed E-state index contributed by atoms with van der Waals surface area (Å²) in [6, 6.07) is 12.1. The molecule has 0 aliphatic carbocycles. The normalized spacial score (nSPS) is 11.9. The van der Waals surface area contributed by atoms with E-state index in [2.05, 4.69) is 15.2 Å². The van der Waals surface area contributed by atoms with Crippen molar-refractivity contribution in [3.63, 3.8) is 0 Å². The van der Waals surface area contributed by atoms with Gasteiger partial charge in [0.25, 0.3) is 0 Å². The number of nitrogens with two attached hydrogens (primary N) is 1. The van der Waals surface area contributed by atoms with Gasteiger partial charge in [-0.1, -0.05) is 17.7 Å². The minimum absolute atomic E-state index is 0.244. The van der Waals surface area contributed by atoms with Crippen LogP contribution in [-0.4, -0.2) is 28.9 Å². The summed E-state index contributed by atoms with van der Waals surface area (Å²) in [6.07, 6.45) is 0. The quantitative estimate of drug-likeness (QED) is 0.613. The molecule has 3 aromatic rings. The van der Waals surface area contributed by atoms with Gasteiger partial charge in [-0.2, -0.15) is 5.10 Å². The van der Waals surface area contributed by atoms with Crippen LogP contribution in [0.4, 0.5) is 0 Å². The van der Waals surface area contributed by atoms with E-state index in [0.29, 0.717) is 40.5 Å². The van der Waals surface area contributed by atoms with Gasteiger partial charge >= 0.3 is 0 Å². The van der Waals surface area contributed by atoms with Crippen molar-refractivity contribution in [2.24, 2.45) is 5.73 Å². The zero-order valence-corrected chi connectivity index (χ0v) is 15.9. The molecule has 27 heavy (non-hydrogen) atoms. The average molecular weight is 389 g/mol. The van der Waals surface area contributed by atoms with Crippen LogP contribution in [-0.2, 0) is 6.61 Å². The molecule has 1 aromatic heterocycles. The summed E-state index contributed by atoms with van der Waals surface area (Å²) < 4.78 is 16.6. The molecule has 1 heterocycles. The number of hydrogen-bond acceptors (Lipinski definition) is 6. The standard InChI is InChI=1S/C19H21ClN4O3/c1-3-26-16-10-12(4-9-15(16)25-2)18(21)19-22-17(23-24-19)11-27-14-7-5-13(20)6-8-14/h4-10,18H,3,11,21H2,1-2H3,(H,22,23,24)/t18-/m1/s1. The van der Waals surface area contributed by atoms with Crippen molar-refractivity contribution >= 4 is 11.6 Å². The second kappa shape index (κ2) is 8.75. The first-order valence-corrected chi connectivity index (χ1v) is 8.84. The molecule has 3 rings (SSSR count). The van der Waals surface area contributed by atoms with E-state index in [0.717, 1.165) is 5.56 Å². The van der Waals surface area contributed by atoms with E-state index >= 15 is 0 Å². The van der Waals surface area contributed by atoms with Crippen molar-refractivity contribution in [1.29, 1.82) is 0 Å². The third-order valence-corrected chi connectivity index (χ3v) is 4.11. The number of ether oxygens (including phenoxy) is 3. The maximum atomic E-state index is 6.31. The minimum Gasteiger partial charge on any atom is -0.493 e. The lowest BCUT2D eigenvalue weighted by molar-refractivity contribution is 0.296. The molecule has 0 fully saturated rings. The number of hydrogen-bond donors (Lipinski definition) is 2. The van der Waals surface area contributed by atoms with E-state index in [1.807, 2.05) is 25.1 Å². The van der Waals surface area contributed by atoms with Gasteiger partial charge in [-0.25, -0.2) is 4.98 Å². The summed E-state index contributed by atoms with van der Waals surface area (Å²) in [5.74, 6) is 3.03. The number of benzene rings is 2. The van der Waals surface area contributed by atoms with Gasteiger partial charge in [-0.3, -0.25) is 5.10 Å². The smallest absolute Gasteiger partial charge is 0.172 e. The van der Waals surface area contributed by atoms with E-state index in [4.69, 9.17) is 31.5 Å². The van der Waals surface area contributed by atoms with Gasteiger partial charge in [0.15, 0.2) is 23.1 Å². The molecule has 7 nitrogen and oxygen atoms in total. The van der Waals surface area contributed by atoms with E-state index < -0.39 is 6.04 Å². The average Bonchev–Trinajstić information content (AvgIpc) is 3.16. The number of H-pyrrole nitrogens is 1. The molecule has 8 heteroatoms. The highest BCUT2D eigenvalue weighted by Gasteiger charge is 2.17. The van der Waals surface area contributed by atoms with Gasteiger partial charge in [0, 0.05) is 5.02 Å². The third kappa shape index (κ3) is 4.69. The molecule has 0 aliphatic rings. The lowest BCUT2D eigenvalue weighted by atomic mass is 10.1. The Hall–Kier alpha value is -2.77. The summed E-state index contributed by atoms with van der Waals surface area (Å²) in [7, 11) is 1.60. The fourth-order valence-corrected chi connectivity index (χ4v) is 2.63. The Labute approximate surface area is 162 Å². The topological polar surface area (TPSA) is 95.3 Å². The van der Waals surface area contributed by atoms with Crippen LogP contribution in [0, 0.1) is 0 Å². The molecule has 0 amide bonds. The summed E-state index contributed by atoms with van der Waals surface area (Å²) in [4.78, 5) is 4.42. The maximum absolute atomic E-state index is 6.31. The van der Waals surface area contributed by atoms with Crippen molar-refractivity contribution < 1.29 is 14.2 Å². The van der Waals surface area contributed by atoms with Crippen LogP contribution in [0.25, 0.3) is 0 Å². The number of methoxy groups -OCH3 is 1. The van der Waals surface area contributed by atoms with Crippen LogP contribution in [0.15, 0.2) is 42.5 Å². The molecular formula is C19H21ClN4O3. The highest BCUT2D eigenvalue weighted by atomic mass is 35.5. The van der Waals surface area contributed by atoms with E-state index in [-0.39, 0.29) is 6.61 Å². The zero-order chi connectivity index (χ0) is 19.2. The van der Waals surface area contributed by atoms with Gasteiger partial charge in [0.1, 0.15) is 12.4 Å². The molecule has 2 aromatic carbocycles. The second-order valence-corrected chi connectivity index (χ2v) is 6.14. The van der Waals surface area contributed by atoms with Gasteiger partial charge in [-0.15, -0.1) is 0 Å². The van der Waals surface area contributed by atoms with Crippen molar-refractivity contribution in [2.75, 3.05) is 13.7 Å². The first-order chi connectivity index (χ1) is 13.1. The van der Waals surface area contributed by atoms with Crippen LogP contribution in [0.1, 0.15) is 30.2 Å². The number of halogens is 1. The van der Waals surface area contributed by atoms with Crippen molar-refractivity contribution in [2.45, 2.75) is 19.6 Å². The molecule has 0 aliphatic heterocycles. The summed E-state index contributed by atoms with van der Waals surface area (Å²) in [6.45, 7) is 2.68. The van der Waals surface area contributed by atoms with E-state index in [1.165, 1.54) is 0 Å². The molecule has 142 valence electrons. The molecule has 1 atom stereocenters.